The minimum atomic E-state index is 0.260. The second kappa shape index (κ2) is 10.3. The van der Waals surface area contributed by atoms with E-state index in [4.69, 9.17) is 0 Å². The van der Waals surface area contributed by atoms with Gasteiger partial charge in [0.1, 0.15) is 11.5 Å². The van der Waals surface area contributed by atoms with Crippen molar-refractivity contribution in [1.82, 2.24) is 0 Å². The van der Waals surface area contributed by atoms with E-state index in [1.54, 1.807) is 36.7 Å². The molecule has 2 aromatic rings. The lowest BCUT2D eigenvalue weighted by Crippen LogP contribution is -2.03. The summed E-state index contributed by atoms with van der Waals surface area (Å²) in [6, 6.07) is 14.7. The second-order valence-electron chi connectivity index (χ2n) is 5.99. The van der Waals surface area contributed by atoms with E-state index >= 15 is 0 Å². The molecule has 1 unspecified atom stereocenters. The molecule has 25 heavy (non-hydrogen) atoms. The minimum Gasteiger partial charge on any atom is -0.507 e. The molecule has 132 valence electrons. The van der Waals surface area contributed by atoms with E-state index in [9.17, 15) is 10.2 Å². The molecule has 0 radical (unpaired) electrons. The molecule has 2 aromatic carbocycles. The fraction of sp³-hybridized carbons (Fsp3) is 0.333. The highest BCUT2D eigenvalue weighted by Crippen LogP contribution is 2.15. The second-order valence-corrected chi connectivity index (χ2v) is 5.99. The van der Waals surface area contributed by atoms with E-state index in [-0.39, 0.29) is 17.5 Å². The normalized spacial score (nSPS) is 12.8. The molecular formula is C21H26N2O2. The lowest BCUT2D eigenvalue weighted by atomic mass is 10.1. The van der Waals surface area contributed by atoms with Crippen molar-refractivity contribution < 1.29 is 10.2 Å². The standard InChI is InChI=1S/C21H26N2O2/c1-2-19(23-16-18-10-4-6-13-21(18)25)11-7-8-14-22-15-17-9-3-5-12-20(17)24/h3-6,9-10,12-13,15-16,19,24-25H,2,7-8,11,14H2,1H3. The van der Waals surface area contributed by atoms with Crippen molar-refractivity contribution in [3.05, 3.63) is 59.7 Å². The summed E-state index contributed by atoms with van der Waals surface area (Å²) in [4.78, 5) is 8.97. The Labute approximate surface area is 149 Å². The smallest absolute Gasteiger partial charge is 0.124 e. The average Bonchev–Trinajstić information content (AvgIpc) is 2.63. The number of unbranched alkanes of at least 4 members (excludes halogenated alkanes) is 1. The Morgan fingerprint density at radius 3 is 2.08 bits per heavy atom. The Balaban J connectivity index is 1.72. The number of phenolic OH excluding ortho intramolecular Hbond substituents is 2. The molecule has 2 rings (SSSR count). The molecule has 1 atom stereocenters. The van der Waals surface area contributed by atoms with Crippen LogP contribution in [0.3, 0.4) is 0 Å². The number of aliphatic imine (C=N–C) groups is 2. The summed E-state index contributed by atoms with van der Waals surface area (Å²) in [6.45, 7) is 2.87. The molecule has 0 aliphatic heterocycles. The Hall–Kier alpha value is -2.62. The first-order chi connectivity index (χ1) is 12.2. The van der Waals surface area contributed by atoms with Gasteiger partial charge in [-0.25, -0.2) is 0 Å². The molecule has 0 spiro atoms. The zero-order valence-electron chi connectivity index (χ0n) is 14.7. The van der Waals surface area contributed by atoms with Crippen LogP contribution >= 0.6 is 0 Å². The highest BCUT2D eigenvalue weighted by Gasteiger charge is 2.03. The van der Waals surface area contributed by atoms with E-state index in [0.29, 0.717) is 0 Å². The van der Waals surface area contributed by atoms with E-state index in [1.165, 1.54) is 0 Å². The number of phenols is 2. The molecule has 0 aromatic heterocycles. The Morgan fingerprint density at radius 2 is 1.48 bits per heavy atom. The fourth-order valence-corrected chi connectivity index (χ4v) is 2.51. The van der Waals surface area contributed by atoms with Crippen molar-refractivity contribution in [1.29, 1.82) is 0 Å². The van der Waals surface area contributed by atoms with Crippen molar-refractivity contribution in [3.8, 4) is 11.5 Å². The van der Waals surface area contributed by atoms with Crippen LogP contribution in [0.25, 0.3) is 0 Å². The molecule has 0 saturated heterocycles. The van der Waals surface area contributed by atoms with Crippen molar-refractivity contribution in [3.63, 3.8) is 0 Å². The maximum absolute atomic E-state index is 9.76. The van der Waals surface area contributed by atoms with E-state index in [0.717, 1.165) is 43.4 Å². The van der Waals surface area contributed by atoms with Crippen LogP contribution in [-0.4, -0.2) is 35.2 Å². The van der Waals surface area contributed by atoms with Crippen LogP contribution in [0.2, 0.25) is 0 Å². The molecule has 0 aliphatic carbocycles. The van der Waals surface area contributed by atoms with Crippen molar-refractivity contribution in [2.75, 3.05) is 6.54 Å². The molecule has 0 fully saturated rings. The van der Waals surface area contributed by atoms with E-state index < -0.39 is 0 Å². The first kappa shape index (κ1) is 18.7. The Bertz CT molecular complexity index is 711. The van der Waals surface area contributed by atoms with Gasteiger partial charge in [0.05, 0.1) is 0 Å². The summed E-state index contributed by atoms with van der Waals surface area (Å²) >= 11 is 0. The van der Waals surface area contributed by atoms with Gasteiger partial charge in [0, 0.05) is 36.1 Å². The zero-order valence-corrected chi connectivity index (χ0v) is 14.7. The molecule has 0 heterocycles. The number of hydrogen-bond donors (Lipinski definition) is 2. The molecule has 4 heteroatoms. The predicted octanol–water partition coefficient (Wildman–Crippen LogP) is 4.58. The lowest BCUT2D eigenvalue weighted by molar-refractivity contribution is 0.474. The number of rotatable bonds is 9. The van der Waals surface area contributed by atoms with Gasteiger partial charge < -0.3 is 10.2 Å². The number of benzene rings is 2. The van der Waals surface area contributed by atoms with Crippen LogP contribution < -0.4 is 0 Å². The van der Waals surface area contributed by atoms with Crippen molar-refractivity contribution in [2.24, 2.45) is 9.98 Å². The average molecular weight is 338 g/mol. The van der Waals surface area contributed by atoms with Gasteiger partial charge in [0.25, 0.3) is 0 Å². The lowest BCUT2D eigenvalue weighted by Gasteiger charge is -2.09. The van der Waals surface area contributed by atoms with Gasteiger partial charge in [-0.05, 0) is 49.9 Å². The molecule has 4 nitrogen and oxygen atoms in total. The van der Waals surface area contributed by atoms with Gasteiger partial charge in [0.15, 0.2) is 0 Å². The summed E-state index contributed by atoms with van der Waals surface area (Å²) in [5.74, 6) is 0.524. The molecular weight excluding hydrogens is 312 g/mol. The van der Waals surface area contributed by atoms with Crippen LogP contribution in [0.1, 0.15) is 43.7 Å². The summed E-state index contributed by atoms with van der Waals surface area (Å²) in [5, 5.41) is 19.4. The number of nitrogens with zero attached hydrogens (tertiary/aromatic N) is 2. The van der Waals surface area contributed by atoms with Crippen molar-refractivity contribution in [2.45, 2.75) is 38.6 Å². The molecule has 2 N–H and O–H groups in total. The maximum Gasteiger partial charge on any atom is 0.124 e. The molecule has 0 saturated carbocycles. The van der Waals surface area contributed by atoms with Crippen molar-refractivity contribution >= 4 is 12.4 Å². The topological polar surface area (TPSA) is 65.2 Å². The largest absolute Gasteiger partial charge is 0.507 e. The first-order valence-electron chi connectivity index (χ1n) is 8.79. The summed E-state index contributed by atoms with van der Waals surface area (Å²) in [7, 11) is 0. The first-order valence-corrected chi connectivity index (χ1v) is 8.79. The maximum atomic E-state index is 9.76. The quantitative estimate of drug-likeness (QED) is 0.519. The third-order valence-electron chi connectivity index (χ3n) is 4.07. The summed E-state index contributed by atoms with van der Waals surface area (Å²) < 4.78 is 0. The third-order valence-corrected chi connectivity index (χ3v) is 4.07. The van der Waals surface area contributed by atoms with Gasteiger partial charge in [-0.2, -0.15) is 0 Å². The van der Waals surface area contributed by atoms with Gasteiger partial charge in [0.2, 0.25) is 0 Å². The highest BCUT2D eigenvalue weighted by molar-refractivity contribution is 5.83. The summed E-state index contributed by atoms with van der Waals surface area (Å²) in [6.07, 6.45) is 7.52. The molecule has 0 aliphatic rings. The van der Waals surface area contributed by atoms with E-state index in [2.05, 4.69) is 16.9 Å². The van der Waals surface area contributed by atoms with Crippen LogP contribution in [0.4, 0.5) is 0 Å². The van der Waals surface area contributed by atoms with Gasteiger partial charge in [-0.1, -0.05) is 31.2 Å². The monoisotopic (exact) mass is 338 g/mol. The summed E-state index contributed by atoms with van der Waals surface area (Å²) in [5.41, 5.74) is 1.51. The SMILES string of the molecule is CCC(CCCCN=Cc1ccccc1O)N=Cc1ccccc1O. The predicted molar refractivity (Wildman–Crippen MR) is 104 cm³/mol. The highest BCUT2D eigenvalue weighted by atomic mass is 16.3. The van der Waals surface area contributed by atoms with Crippen LogP contribution in [0.15, 0.2) is 58.5 Å². The molecule has 0 bridgehead atoms. The third kappa shape index (κ3) is 6.42. The number of aromatic hydroxyl groups is 2. The van der Waals surface area contributed by atoms with E-state index in [1.807, 2.05) is 24.3 Å². The van der Waals surface area contributed by atoms with Gasteiger partial charge in [-0.15, -0.1) is 0 Å². The Morgan fingerprint density at radius 1 is 0.880 bits per heavy atom. The number of para-hydroxylation sites is 2. The fourth-order valence-electron chi connectivity index (χ4n) is 2.51. The van der Waals surface area contributed by atoms with Crippen LogP contribution in [-0.2, 0) is 0 Å². The zero-order chi connectivity index (χ0) is 17.9. The van der Waals surface area contributed by atoms with Gasteiger partial charge in [-0.3, -0.25) is 9.98 Å². The Kier molecular flexibility index (Phi) is 7.70. The number of hydrogen-bond acceptors (Lipinski definition) is 4. The van der Waals surface area contributed by atoms with Gasteiger partial charge >= 0.3 is 0 Å². The van der Waals surface area contributed by atoms with Crippen LogP contribution in [0, 0.1) is 0 Å². The van der Waals surface area contributed by atoms with Crippen LogP contribution in [0.5, 0.6) is 11.5 Å². The molecule has 0 amide bonds. The minimum absolute atomic E-state index is 0.260.